The molecule has 0 radical (unpaired) electrons. The minimum absolute atomic E-state index is 0.0293. The van der Waals surface area contributed by atoms with Crippen LogP contribution < -0.4 is 9.47 Å². The maximum absolute atomic E-state index is 11.5. The van der Waals surface area contributed by atoms with Gasteiger partial charge in [-0.15, -0.1) is 0 Å². The molecular weight excluding hydrogens is 536 g/mol. The summed E-state index contributed by atoms with van der Waals surface area (Å²) in [5.74, 6) is -3.10. The second-order valence-electron chi connectivity index (χ2n) is 10.2. The Balaban J connectivity index is 1.44. The molecule has 4 atom stereocenters. The minimum atomic E-state index is -1.13. The van der Waals surface area contributed by atoms with Crippen LogP contribution in [-0.4, -0.2) is 58.2 Å². The third-order valence-electron chi connectivity index (χ3n) is 7.62. The highest BCUT2D eigenvalue weighted by atomic mass is 16.5. The van der Waals surface area contributed by atoms with Gasteiger partial charge in [-0.1, -0.05) is 12.1 Å². The van der Waals surface area contributed by atoms with Gasteiger partial charge in [0.1, 0.15) is 46.7 Å². The summed E-state index contributed by atoms with van der Waals surface area (Å²) >= 11 is 0. The van der Waals surface area contributed by atoms with Crippen LogP contribution in [0.5, 0.6) is 57.5 Å². The number of hydrogen-bond acceptors (Lipinski definition) is 11. The summed E-state index contributed by atoms with van der Waals surface area (Å²) in [5.41, 5.74) is 1.53. The summed E-state index contributed by atoms with van der Waals surface area (Å²) in [6, 6.07) is 11.9. The molecule has 0 fully saturated rings. The highest BCUT2D eigenvalue weighted by Gasteiger charge is 2.43. The molecule has 4 aromatic rings. The van der Waals surface area contributed by atoms with Crippen molar-refractivity contribution in [1.82, 2.24) is 0 Å². The van der Waals surface area contributed by atoms with E-state index in [9.17, 15) is 46.0 Å². The molecule has 0 spiro atoms. The van der Waals surface area contributed by atoms with Gasteiger partial charge in [0.25, 0.3) is 0 Å². The molecule has 2 aliphatic heterocycles. The summed E-state index contributed by atoms with van der Waals surface area (Å²) in [6.07, 6.45) is -3.02. The summed E-state index contributed by atoms with van der Waals surface area (Å²) in [5, 5.41) is 92.7. The van der Waals surface area contributed by atoms with Crippen LogP contribution in [0.2, 0.25) is 0 Å². The molecule has 0 aromatic heterocycles. The van der Waals surface area contributed by atoms with Gasteiger partial charge in [-0.2, -0.15) is 0 Å². The number of phenols is 8. The monoisotopic (exact) mass is 562 g/mol. The number of hydrogen-bond donors (Lipinski definition) is 9. The molecule has 0 amide bonds. The van der Waals surface area contributed by atoms with Crippen LogP contribution in [0.25, 0.3) is 0 Å². The zero-order valence-corrected chi connectivity index (χ0v) is 21.3. The molecule has 41 heavy (non-hydrogen) atoms. The molecule has 0 saturated carbocycles. The molecule has 6 rings (SSSR count). The van der Waals surface area contributed by atoms with E-state index in [-0.39, 0.29) is 70.2 Å². The molecule has 0 saturated heterocycles. The van der Waals surface area contributed by atoms with E-state index < -0.39 is 30.0 Å². The van der Waals surface area contributed by atoms with Crippen molar-refractivity contribution in [3.63, 3.8) is 0 Å². The zero-order chi connectivity index (χ0) is 29.2. The van der Waals surface area contributed by atoms with E-state index in [2.05, 4.69) is 0 Å². The number of phenolic OH excluding ortho intramolecular Hbond substituents is 8. The van der Waals surface area contributed by atoms with Crippen LogP contribution in [0.15, 0.2) is 54.6 Å². The van der Waals surface area contributed by atoms with Crippen molar-refractivity contribution in [2.75, 3.05) is 0 Å². The second kappa shape index (κ2) is 9.49. The largest absolute Gasteiger partial charge is 0.508 e. The molecule has 9 N–H and O–H groups in total. The molecule has 0 bridgehead atoms. The van der Waals surface area contributed by atoms with Crippen molar-refractivity contribution in [2.24, 2.45) is 0 Å². The Morgan fingerprint density at radius 3 is 1.88 bits per heavy atom. The quantitative estimate of drug-likeness (QED) is 0.165. The third kappa shape index (κ3) is 4.36. The zero-order valence-electron chi connectivity index (χ0n) is 21.3. The number of aromatic hydroxyl groups is 8. The maximum Gasteiger partial charge on any atom is 0.157 e. The maximum atomic E-state index is 11.5. The fraction of sp³-hybridized carbons (Fsp3) is 0.200. The van der Waals surface area contributed by atoms with Crippen molar-refractivity contribution < 1.29 is 55.4 Å². The predicted octanol–water partition coefficient (Wildman–Crippen LogP) is 3.50. The van der Waals surface area contributed by atoms with Crippen molar-refractivity contribution >= 4 is 0 Å². The smallest absolute Gasteiger partial charge is 0.157 e. The van der Waals surface area contributed by atoms with Crippen LogP contribution in [-0.2, 0) is 12.8 Å². The molecule has 2 heterocycles. The van der Waals surface area contributed by atoms with Crippen molar-refractivity contribution in [3.05, 3.63) is 82.4 Å². The van der Waals surface area contributed by atoms with Crippen molar-refractivity contribution in [2.45, 2.75) is 37.1 Å². The van der Waals surface area contributed by atoms with Crippen molar-refractivity contribution in [3.8, 4) is 57.5 Å². The summed E-state index contributed by atoms with van der Waals surface area (Å²) in [7, 11) is 0. The van der Waals surface area contributed by atoms with Gasteiger partial charge in [0.05, 0.1) is 12.0 Å². The van der Waals surface area contributed by atoms with Crippen LogP contribution in [0.1, 0.15) is 39.8 Å². The number of fused-ring (bicyclic) bond motifs is 2. The lowest BCUT2D eigenvalue weighted by Crippen LogP contribution is -2.30. The molecule has 2 aliphatic rings. The highest BCUT2D eigenvalue weighted by Crippen LogP contribution is 2.55. The molecule has 4 unspecified atom stereocenters. The fourth-order valence-corrected chi connectivity index (χ4v) is 5.65. The second-order valence-corrected chi connectivity index (χ2v) is 10.2. The minimum Gasteiger partial charge on any atom is -0.508 e. The molecule has 11 nitrogen and oxygen atoms in total. The molecule has 11 heteroatoms. The number of aliphatic hydroxyl groups excluding tert-OH is 1. The normalized spacial score (nSPS) is 21.0. The Labute approximate surface area is 232 Å². The Morgan fingerprint density at radius 2 is 1.24 bits per heavy atom. The first kappa shape index (κ1) is 26.1. The van der Waals surface area contributed by atoms with Gasteiger partial charge < -0.3 is 55.4 Å². The predicted molar refractivity (Wildman–Crippen MR) is 142 cm³/mol. The van der Waals surface area contributed by atoms with Gasteiger partial charge in [0.2, 0.25) is 0 Å². The lowest BCUT2D eigenvalue weighted by molar-refractivity contribution is 0.0196. The van der Waals surface area contributed by atoms with E-state index in [1.165, 1.54) is 30.3 Å². The SMILES string of the molecule is Oc1cc(O)c(CC2Oc3cc4c(c(O)c3C2c2ccc(O)c(O)c2)CC(O)C(c2ccc(O)c(O)c2)O4)c(O)c1. The standard InChI is InChI=1S/C30H26O11/c31-14-7-19(34)15(20(35)8-14)10-25-27(12-1-3-17(32)21(36)5-12)28-26(40-25)11-24-16(29(28)39)9-23(38)30(41-24)13-2-4-18(33)22(37)6-13/h1-8,11,23,25,27,30-39H,9-10H2. The van der Waals surface area contributed by atoms with Crippen LogP contribution >= 0.6 is 0 Å². The average molecular weight is 563 g/mol. The van der Waals surface area contributed by atoms with Gasteiger partial charge >= 0.3 is 0 Å². The van der Waals surface area contributed by atoms with E-state index in [1.807, 2.05) is 0 Å². The van der Waals surface area contributed by atoms with Crippen LogP contribution in [0.4, 0.5) is 0 Å². The van der Waals surface area contributed by atoms with Gasteiger partial charge in [0.15, 0.2) is 23.0 Å². The first-order valence-electron chi connectivity index (χ1n) is 12.7. The van der Waals surface area contributed by atoms with Gasteiger partial charge in [0, 0.05) is 47.7 Å². The number of aliphatic hydroxyl groups is 1. The van der Waals surface area contributed by atoms with E-state index >= 15 is 0 Å². The lowest BCUT2D eigenvalue weighted by atomic mass is 9.82. The van der Waals surface area contributed by atoms with E-state index in [4.69, 9.17) is 9.47 Å². The van der Waals surface area contributed by atoms with Crippen LogP contribution in [0.3, 0.4) is 0 Å². The Hall–Kier alpha value is -5.16. The van der Waals surface area contributed by atoms with Gasteiger partial charge in [-0.25, -0.2) is 0 Å². The van der Waals surface area contributed by atoms with Gasteiger partial charge in [-0.3, -0.25) is 0 Å². The van der Waals surface area contributed by atoms with E-state index in [0.717, 1.165) is 12.1 Å². The third-order valence-corrected chi connectivity index (χ3v) is 7.62. The molecule has 4 aromatic carbocycles. The van der Waals surface area contributed by atoms with E-state index in [1.54, 1.807) is 12.1 Å². The Bertz CT molecular complexity index is 1660. The van der Waals surface area contributed by atoms with Gasteiger partial charge in [-0.05, 0) is 35.4 Å². The fourth-order valence-electron chi connectivity index (χ4n) is 5.65. The Morgan fingerprint density at radius 1 is 0.634 bits per heavy atom. The lowest BCUT2D eigenvalue weighted by Gasteiger charge is -2.32. The number of ether oxygens (including phenoxy) is 2. The number of benzene rings is 4. The average Bonchev–Trinajstić information content (AvgIpc) is 3.28. The molecular formula is C30H26O11. The summed E-state index contributed by atoms with van der Waals surface area (Å²) in [4.78, 5) is 0. The summed E-state index contributed by atoms with van der Waals surface area (Å²) < 4.78 is 12.3. The molecule has 0 aliphatic carbocycles. The van der Waals surface area contributed by atoms with E-state index in [0.29, 0.717) is 22.3 Å². The first-order chi connectivity index (χ1) is 19.5. The number of rotatable bonds is 4. The first-order valence-corrected chi connectivity index (χ1v) is 12.7. The van der Waals surface area contributed by atoms with Crippen molar-refractivity contribution in [1.29, 1.82) is 0 Å². The highest BCUT2D eigenvalue weighted by molar-refractivity contribution is 5.64. The van der Waals surface area contributed by atoms with Crippen LogP contribution in [0, 0.1) is 0 Å². The Kier molecular flexibility index (Phi) is 6.04. The molecule has 212 valence electrons. The summed E-state index contributed by atoms with van der Waals surface area (Å²) in [6.45, 7) is 0. The topological polar surface area (TPSA) is 201 Å².